The van der Waals surface area contributed by atoms with Crippen LogP contribution in [0.25, 0.3) is 0 Å². The number of nitrogens with one attached hydrogen (secondary N) is 3. The molecule has 9 heteroatoms. The summed E-state index contributed by atoms with van der Waals surface area (Å²) in [5, 5.41) is 0. The zero-order chi connectivity index (χ0) is 7.28. The van der Waals surface area contributed by atoms with Gasteiger partial charge in [-0.15, -0.1) is 9.66 Å². The average Bonchev–Trinajstić information content (AvgIpc) is 1.63. The van der Waals surface area contributed by atoms with E-state index >= 15 is 0 Å². The molecule has 0 unspecified atom stereocenters. The number of hydrazine groups is 2. The predicted octanol–water partition coefficient (Wildman–Crippen LogP) is -3.36. The van der Waals surface area contributed by atoms with E-state index in [1.54, 1.807) is 15.2 Å². The lowest BCUT2D eigenvalue weighted by molar-refractivity contribution is 0.548. The minimum Gasteiger partial charge on any atom is -0.214 e. The lowest BCUT2D eigenvalue weighted by Gasteiger charge is -1.92. The van der Waals surface area contributed by atoms with E-state index in [0.717, 1.165) is 0 Å². The van der Waals surface area contributed by atoms with Gasteiger partial charge in [0, 0.05) is 0 Å². The molecule has 3 N–H and O–H groups in total. The first-order valence-electron chi connectivity index (χ1n) is 1.68. The second kappa shape index (κ2) is 4.64. The molecule has 0 spiro atoms. The third kappa shape index (κ3) is 7.78. The normalized spacial score (nSPS) is 10.9. The Balaban J connectivity index is 3.31. The fourth-order valence-electron chi connectivity index (χ4n) is 0.116. The highest BCUT2D eigenvalue weighted by Crippen LogP contribution is 1.42. The highest BCUT2D eigenvalue weighted by molar-refractivity contribution is 7.70. The lowest BCUT2D eigenvalue weighted by Crippen LogP contribution is -2.41. The van der Waals surface area contributed by atoms with Gasteiger partial charge in [-0.2, -0.15) is 5.53 Å². The van der Waals surface area contributed by atoms with Crippen LogP contribution in [-0.4, -0.2) is 16.8 Å². The summed E-state index contributed by atoms with van der Waals surface area (Å²) in [4.78, 5) is 3.17. The van der Waals surface area contributed by atoms with Crippen LogP contribution in [0.1, 0.15) is 0 Å². The summed E-state index contributed by atoms with van der Waals surface area (Å²) in [6, 6.07) is 0. The van der Waals surface area contributed by atoms with Crippen LogP contribution in [0.3, 0.4) is 0 Å². The molecule has 0 aromatic carbocycles. The molecule has 0 saturated carbocycles. The molecular formula is H5N3O4S2. The first-order chi connectivity index (χ1) is 4.13. The Hall–Kier alpha value is -0.220. The summed E-state index contributed by atoms with van der Waals surface area (Å²) >= 11 is 0. The van der Waals surface area contributed by atoms with Crippen molar-refractivity contribution < 1.29 is 16.8 Å². The minimum atomic E-state index is -2.82. The number of hydrogen-bond acceptors (Lipinski definition) is 5. The third-order valence-corrected chi connectivity index (χ3v) is 0.883. The van der Waals surface area contributed by atoms with E-state index in [2.05, 4.69) is 0 Å². The van der Waals surface area contributed by atoms with Gasteiger partial charge in [-0.1, -0.05) is 0 Å². The Kier molecular flexibility index (Phi) is 4.53. The quantitative estimate of drug-likeness (QED) is 0.227. The van der Waals surface area contributed by atoms with Crippen LogP contribution < -0.4 is 15.2 Å². The second-order valence-electron chi connectivity index (χ2n) is 0.863. The van der Waals surface area contributed by atoms with Gasteiger partial charge in [0.1, 0.15) is 0 Å². The first kappa shape index (κ1) is 8.78. The topological polar surface area (TPSA) is 104 Å². The molecule has 0 atom stereocenters. The maximum absolute atomic E-state index is 9.61. The molecule has 0 aliphatic heterocycles. The molecule has 0 aliphatic carbocycles. The van der Waals surface area contributed by atoms with E-state index in [1.165, 1.54) is 0 Å². The minimum absolute atomic E-state index is 1.59. The summed E-state index contributed by atoms with van der Waals surface area (Å²) < 4.78 is 38.4. The molecule has 0 bridgehead atoms. The van der Waals surface area contributed by atoms with Crippen LogP contribution in [0.5, 0.6) is 0 Å². The van der Waals surface area contributed by atoms with E-state index in [1.807, 2.05) is 0 Å². The Bertz CT molecular complexity index is 164. The van der Waals surface area contributed by atoms with Crippen molar-refractivity contribution in [2.75, 3.05) is 0 Å². The Morgan fingerprint density at radius 3 is 1.33 bits per heavy atom. The Morgan fingerprint density at radius 2 is 1.11 bits per heavy atom. The molecule has 0 fully saturated rings. The molecule has 0 aromatic rings. The van der Waals surface area contributed by atoms with Crippen LogP contribution in [0, 0.1) is 0 Å². The highest BCUT2D eigenvalue weighted by atomic mass is 32.2. The maximum atomic E-state index is 9.61. The number of thiol groups is 2. The van der Waals surface area contributed by atoms with E-state index in [9.17, 15) is 16.8 Å². The van der Waals surface area contributed by atoms with Crippen molar-refractivity contribution in [3.05, 3.63) is 0 Å². The molecule has 9 heavy (non-hydrogen) atoms. The zero-order valence-corrected chi connectivity index (χ0v) is 5.82. The average molecular weight is 175 g/mol. The van der Waals surface area contributed by atoms with Gasteiger partial charge in [0.25, 0.3) is 0 Å². The van der Waals surface area contributed by atoms with Gasteiger partial charge in [-0.3, -0.25) is 0 Å². The number of rotatable bonds is 4. The van der Waals surface area contributed by atoms with Crippen LogP contribution in [0.4, 0.5) is 0 Å². The van der Waals surface area contributed by atoms with Crippen molar-refractivity contribution in [1.82, 2.24) is 15.2 Å². The summed E-state index contributed by atoms with van der Waals surface area (Å²) in [5.74, 6) is 0. The van der Waals surface area contributed by atoms with Crippen LogP contribution in [0.2, 0.25) is 0 Å². The van der Waals surface area contributed by atoms with E-state index in [4.69, 9.17) is 0 Å². The molecule has 0 amide bonds. The third-order valence-electron chi connectivity index (χ3n) is 0.294. The van der Waals surface area contributed by atoms with Crippen molar-refractivity contribution in [3.63, 3.8) is 0 Å². The molecule has 0 heterocycles. The standard InChI is InChI=1S/H5N3O4S2/c4-8(5)2-1-3-9(6)7/h1,8-9H,(H,2,4,5)(H,3,6,7). The van der Waals surface area contributed by atoms with Crippen molar-refractivity contribution in [3.8, 4) is 0 Å². The van der Waals surface area contributed by atoms with Gasteiger partial charge in [-0.25, -0.2) is 16.8 Å². The molecule has 0 saturated heterocycles. The fourth-order valence-corrected chi connectivity index (χ4v) is 0.499. The maximum Gasteiger partial charge on any atom is 0.215 e. The molecule has 0 aromatic heterocycles. The van der Waals surface area contributed by atoms with Gasteiger partial charge in [-0.05, 0) is 0 Å². The molecule has 7 nitrogen and oxygen atoms in total. The van der Waals surface area contributed by atoms with Gasteiger partial charge in [0.05, 0.1) is 0 Å². The molecule has 0 rings (SSSR count). The smallest absolute Gasteiger partial charge is 0.214 e. The summed E-state index contributed by atoms with van der Waals surface area (Å²) in [6.45, 7) is 0. The Morgan fingerprint density at radius 1 is 0.778 bits per heavy atom. The van der Waals surface area contributed by atoms with Gasteiger partial charge in [0.2, 0.25) is 21.8 Å². The summed E-state index contributed by atoms with van der Waals surface area (Å²) in [6.07, 6.45) is 0. The fraction of sp³-hybridized carbons (Fsp3) is 0. The predicted molar refractivity (Wildman–Crippen MR) is 30.0 cm³/mol. The van der Waals surface area contributed by atoms with Gasteiger partial charge in [0.15, 0.2) is 0 Å². The van der Waals surface area contributed by atoms with Crippen molar-refractivity contribution >= 4 is 21.8 Å². The van der Waals surface area contributed by atoms with Crippen molar-refractivity contribution in [2.24, 2.45) is 0 Å². The van der Waals surface area contributed by atoms with Gasteiger partial charge < -0.3 is 0 Å². The monoisotopic (exact) mass is 175 g/mol. The van der Waals surface area contributed by atoms with E-state index < -0.39 is 21.8 Å². The summed E-state index contributed by atoms with van der Waals surface area (Å²) in [7, 11) is -5.64. The lowest BCUT2D eigenvalue weighted by atomic mass is 12.6. The molecule has 56 valence electrons. The van der Waals surface area contributed by atoms with Gasteiger partial charge >= 0.3 is 0 Å². The SMILES string of the molecule is O=[SH](=O)NNN[SH](=O)=O. The highest BCUT2D eigenvalue weighted by Gasteiger charge is 1.80. The first-order valence-corrected chi connectivity index (χ1v) is 4.03. The van der Waals surface area contributed by atoms with Crippen molar-refractivity contribution in [2.45, 2.75) is 0 Å². The second-order valence-corrected chi connectivity index (χ2v) is 2.34. The molecular weight excluding hydrogens is 170 g/mol. The molecule has 0 aliphatic rings. The largest absolute Gasteiger partial charge is 0.215 e. The van der Waals surface area contributed by atoms with E-state index in [-0.39, 0.29) is 0 Å². The van der Waals surface area contributed by atoms with Crippen LogP contribution >= 0.6 is 0 Å². The molecule has 0 radical (unpaired) electrons. The van der Waals surface area contributed by atoms with Crippen molar-refractivity contribution in [1.29, 1.82) is 0 Å². The van der Waals surface area contributed by atoms with Crippen LogP contribution in [-0.2, 0) is 21.8 Å². The van der Waals surface area contributed by atoms with Crippen LogP contribution in [0.15, 0.2) is 0 Å². The van der Waals surface area contributed by atoms with E-state index in [0.29, 0.717) is 0 Å². The zero-order valence-electron chi connectivity index (χ0n) is 4.03. The summed E-state index contributed by atoms with van der Waals surface area (Å²) in [5.41, 5.74) is 1.69. The number of hydrogen-bond donors (Lipinski definition) is 5. The Labute approximate surface area is 54.5 Å².